The first-order valence-corrected chi connectivity index (χ1v) is 4.16. The number of ether oxygens (including phenoxy) is 2. The number of carbonyl (C=O) groups is 1. The Balaban J connectivity index is 3.46. The molecule has 0 fully saturated rings. The minimum absolute atomic E-state index is 0.145. The molecule has 0 aliphatic heterocycles. The van der Waals surface area contributed by atoms with Crippen LogP contribution in [0.2, 0.25) is 0 Å². The van der Waals surface area contributed by atoms with Gasteiger partial charge in [-0.25, -0.2) is 0 Å². The Bertz CT molecular complexity index is 159. The molecule has 1 amide bonds. The van der Waals surface area contributed by atoms with Gasteiger partial charge in [0.15, 0.2) is 0 Å². The first-order chi connectivity index (χ1) is 6.00. The van der Waals surface area contributed by atoms with Crippen LogP contribution in [0, 0.1) is 0 Å². The molecule has 0 heterocycles. The molecule has 0 saturated heterocycles. The van der Waals surface area contributed by atoms with Crippen molar-refractivity contribution in [2.45, 2.75) is 18.9 Å². The summed E-state index contributed by atoms with van der Waals surface area (Å²) < 4.78 is 9.97. The van der Waals surface area contributed by atoms with Gasteiger partial charge in [0.1, 0.15) is 5.54 Å². The Kier molecular flexibility index (Phi) is 5.61. The van der Waals surface area contributed by atoms with E-state index in [-0.39, 0.29) is 6.61 Å². The molecule has 0 spiro atoms. The van der Waals surface area contributed by atoms with Crippen LogP contribution in [0.5, 0.6) is 0 Å². The molecule has 1 atom stereocenters. The highest BCUT2D eigenvalue weighted by Gasteiger charge is 2.25. The van der Waals surface area contributed by atoms with E-state index >= 15 is 0 Å². The molecular weight excluding hydrogens is 172 g/mol. The van der Waals surface area contributed by atoms with Gasteiger partial charge in [-0.05, 0) is 13.3 Å². The van der Waals surface area contributed by atoms with Gasteiger partial charge >= 0.3 is 0 Å². The van der Waals surface area contributed by atoms with E-state index in [1.165, 1.54) is 0 Å². The number of methoxy groups -OCH3 is 1. The summed E-state index contributed by atoms with van der Waals surface area (Å²) in [5, 5.41) is 0. The van der Waals surface area contributed by atoms with E-state index in [1.54, 1.807) is 14.0 Å². The van der Waals surface area contributed by atoms with E-state index in [0.717, 1.165) is 6.42 Å². The van der Waals surface area contributed by atoms with Gasteiger partial charge in [-0.15, -0.1) is 0 Å². The van der Waals surface area contributed by atoms with Crippen LogP contribution in [0.15, 0.2) is 0 Å². The zero-order chi connectivity index (χ0) is 10.3. The van der Waals surface area contributed by atoms with Gasteiger partial charge in [0, 0.05) is 20.3 Å². The van der Waals surface area contributed by atoms with Crippen molar-refractivity contribution in [2.75, 3.05) is 26.9 Å². The smallest absolute Gasteiger partial charge is 0.239 e. The average Bonchev–Trinajstić information content (AvgIpc) is 2.03. The Morgan fingerprint density at radius 2 is 2.08 bits per heavy atom. The van der Waals surface area contributed by atoms with Crippen LogP contribution < -0.4 is 11.5 Å². The molecule has 78 valence electrons. The molecule has 0 aromatic heterocycles. The van der Waals surface area contributed by atoms with Gasteiger partial charge in [0.2, 0.25) is 5.91 Å². The van der Waals surface area contributed by atoms with Gasteiger partial charge in [-0.2, -0.15) is 0 Å². The lowest BCUT2D eigenvalue weighted by molar-refractivity contribution is -0.124. The zero-order valence-corrected chi connectivity index (χ0v) is 8.21. The van der Waals surface area contributed by atoms with Crippen molar-refractivity contribution in [3.05, 3.63) is 0 Å². The molecule has 0 rings (SSSR count). The molecule has 0 radical (unpaired) electrons. The number of carbonyl (C=O) groups excluding carboxylic acids is 1. The lowest BCUT2D eigenvalue weighted by atomic mass is 10.1. The molecule has 5 heteroatoms. The van der Waals surface area contributed by atoms with E-state index in [9.17, 15) is 4.79 Å². The summed E-state index contributed by atoms with van der Waals surface area (Å²) in [6.07, 6.45) is 0.783. The van der Waals surface area contributed by atoms with Crippen molar-refractivity contribution in [3.63, 3.8) is 0 Å². The third-order valence-electron chi connectivity index (χ3n) is 1.60. The van der Waals surface area contributed by atoms with Gasteiger partial charge in [0.05, 0.1) is 6.61 Å². The summed E-state index contributed by atoms with van der Waals surface area (Å²) in [7, 11) is 1.62. The topological polar surface area (TPSA) is 87.6 Å². The second-order valence-electron chi connectivity index (χ2n) is 3.18. The fourth-order valence-corrected chi connectivity index (χ4v) is 0.661. The fraction of sp³-hybridized carbons (Fsp3) is 0.875. The Labute approximate surface area is 78.4 Å². The minimum Gasteiger partial charge on any atom is -0.385 e. The average molecular weight is 190 g/mol. The van der Waals surface area contributed by atoms with Crippen molar-refractivity contribution in [3.8, 4) is 0 Å². The Morgan fingerprint density at radius 1 is 1.46 bits per heavy atom. The molecule has 0 aromatic rings. The third kappa shape index (κ3) is 5.57. The number of primary amides is 1. The summed E-state index contributed by atoms with van der Waals surface area (Å²) >= 11 is 0. The zero-order valence-electron chi connectivity index (χ0n) is 8.21. The van der Waals surface area contributed by atoms with E-state index in [0.29, 0.717) is 13.2 Å². The van der Waals surface area contributed by atoms with Gasteiger partial charge < -0.3 is 20.9 Å². The van der Waals surface area contributed by atoms with Gasteiger partial charge in [0.25, 0.3) is 0 Å². The molecule has 0 bridgehead atoms. The van der Waals surface area contributed by atoms with Gasteiger partial charge in [-0.1, -0.05) is 0 Å². The number of rotatable bonds is 7. The van der Waals surface area contributed by atoms with Crippen LogP contribution in [0.3, 0.4) is 0 Å². The maximum absolute atomic E-state index is 10.7. The number of hydrogen-bond acceptors (Lipinski definition) is 4. The number of nitrogens with two attached hydrogens (primary N) is 2. The summed E-state index contributed by atoms with van der Waals surface area (Å²) in [5.41, 5.74) is 9.51. The number of amides is 1. The maximum atomic E-state index is 10.7. The van der Waals surface area contributed by atoms with Crippen LogP contribution in [0.25, 0.3) is 0 Å². The van der Waals surface area contributed by atoms with Crippen molar-refractivity contribution >= 4 is 5.91 Å². The summed E-state index contributed by atoms with van der Waals surface area (Å²) in [5.74, 6) is -0.556. The first kappa shape index (κ1) is 12.3. The third-order valence-corrected chi connectivity index (χ3v) is 1.60. The lowest BCUT2D eigenvalue weighted by Crippen LogP contribution is -2.52. The van der Waals surface area contributed by atoms with Crippen LogP contribution in [0.4, 0.5) is 0 Å². The largest absolute Gasteiger partial charge is 0.385 e. The molecule has 1 unspecified atom stereocenters. The first-order valence-electron chi connectivity index (χ1n) is 4.16. The van der Waals surface area contributed by atoms with Gasteiger partial charge in [-0.3, -0.25) is 4.79 Å². The summed E-state index contributed by atoms with van der Waals surface area (Å²) in [6, 6.07) is 0. The highest BCUT2D eigenvalue weighted by molar-refractivity contribution is 5.83. The SMILES string of the molecule is COCCCOCC(C)(N)C(N)=O. The second kappa shape index (κ2) is 5.90. The highest BCUT2D eigenvalue weighted by Crippen LogP contribution is 1.98. The predicted molar refractivity (Wildman–Crippen MR) is 49.1 cm³/mol. The Morgan fingerprint density at radius 3 is 2.54 bits per heavy atom. The van der Waals surface area contributed by atoms with Crippen LogP contribution in [-0.4, -0.2) is 38.4 Å². The summed E-state index contributed by atoms with van der Waals surface area (Å²) in [6.45, 7) is 2.85. The molecule has 0 aliphatic carbocycles. The molecule has 13 heavy (non-hydrogen) atoms. The van der Waals surface area contributed by atoms with E-state index in [1.807, 2.05) is 0 Å². The second-order valence-corrected chi connectivity index (χ2v) is 3.18. The van der Waals surface area contributed by atoms with Crippen molar-refractivity contribution in [1.29, 1.82) is 0 Å². The standard InChI is InChI=1S/C8H18N2O3/c1-8(10,7(9)11)6-13-5-3-4-12-2/h3-6,10H2,1-2H3,(H2,9,11). The number of hydrogen-bond donors (Lipinski definition) is 2. The lowest BCUT2D eigenvalue weighted by Gasteiger charge is -2.19. The van der Waals surface area contributed by atoms with Crippen molar-refractivity contribution < 1.29 is 14.3 Å². The Hall–Kier alpha value is -0.650. The molecule has 0 aliphatic rings. The maximum Gasteiger partial charge on any atom is 0.239 e. The predicted octanol–water partition coefficient (Wildman–Crippen LogP) is -0.758. The fourth-order valence-electron chi connectivity index (χ4n) is 0.661. The quantitative estimate of drug-likeness (QED) is 0.517. The van der Waals surface area contributed by atoms with Crippen LogP contribution in [0.1, 0.15) is 13.3 Å². The molecule has 0 saturated carbocycles. The summed E-state index contributed by atoms with van der Waals surface area (Å²) in [4.78, 5) is 10.7. The minimum atomic E-state index is -1.08. The van der Waals surface area contributed by atoms with Crippen LogP contribution in [-0.2, 0) is 14.3 Å². The normalized spacial score (nSPS) is 15.3. The highest BCUT2D eigenvalue weighted by atomic mass is 16.5. The van der Waals surface area contributed by atoms with E-state index in [2.05, 4.69) is 0 Å². The van der Waals surface area contributed by atoms with E-state index < -0.39 is 11.4 Å². The van der Waals surface area contributed by atoms with Crippen LogP contribution >= 0.6 is 0 Å². The van der Waals surface area contributed by atoms with Crippen molar-refractivity contribution in [2.24, 2.45) is 11.5 Å². The monoisotopic (exact) mass is 190 g/mol. The molecular formula is C8H18N2O3. The molecule has 4 N–H and O–H groups in total. The van der Waals surface area contributed by atoms with E-state index in [4.69, 9.17) is 20.9 Å². The van der Waals surface area contributed by atoms with Crippen molar-refractivity contribution in [1.82, 2.24) is 0 Å². The molecule has 0 aromatic carbocycles. The molecule has 5 nitrogen and oxygen atoms in total.